The molecule has 6 nitrogen and oxygen atoms in total. The summed E-state index contributed by atoms with van der Waals surface area (Å²) in [7, 11) is 1.76. The molecule has 0 bridgehead atoms. The number of hydrogen-bond acceptors (Lipinski definition) is 3. The molecule has 2 rings (SSSR count). The molecule has 0 radical (unpaired) electrons. The fraction of sp³-hybridized carbons (Fsp3) is 0.471. The zero-order valence-electron chi connectivity index (χ0n) is 13.7. The number of quaternary nitrogens is 1. The molecule has 24 heavy (non-hydrogen) atoms. The van der Waals surface area contributed by atoms with Gasteiger partial charge in [-0.05, 0) is 37.8 Å². The van der Waals surface area contributed by atoms with E-state index in [1.165, 1.54) is 0 Å². The zero-order chi connectivity index (χ0) is 17.6. The minimum atomic E-state index is -0.725. The summed E-state index contributed by atoms with van der Waals surface area (Å²) in [6, 6.07) is 9.22. The molecule has 0 heterocycles. The number of amides is 2. The second kappa shape index (κ2) is 8.13. The van der Waals surface area contributed by atoms with E-state index in [0.29, 0.717) is 23.6 Å². The smallest absolute Gasteiger partial charge is 0.279 e. The molecule has 1 saturated carbocycles. The quantitative estimate of drug-likeness (QED) is 0.708. The lowest BCUT2D eigenvalue weighted by molar-refractivity contribution is -0.862. The van der Waals surface area contributed by atoms with Crippen molar-refractivity contribution in [2.24, 2.45) is 0 Å². The topological polar surface area (TPSA) is 86.4 Å². The van der Waals surface area contributed by atoms with Crippen LogP contribution in [-0.2, 0) is 9.59 Å². The van der Waals surface area contributed by atoms with Crippen LogP contribution in [0.25, 0.3) is 0 Å². The molecule has 1 aromatic rings. The van der Waals surface area contributed by atoms with Gasteiger partial charge in [0.15, 0.2) is 13.1 Å². The maximum absolute atomic E-state index is 12.1. The van der Waals surface area contributed by atoms with Crippen molar-refractivity contribution in [1.82, 2.24) is 5.32 Å². The van der Waals surface area contributed by atoms with Gasteiger partial charge in [-0.15, -0.1) is 0 Å². The third-order valence-electron chi connectivity index (χ3n) is 4.12. The number of rotatable bonds is 6. The summed E-state index contributed by atoms with van der Waals surface area (Å²) in [5.41, 5.74) is -0.173. The van der Waals surface area contributed by atoms with E-state index in [1.54, 1.807) is 31.3 Å². The molecule has 0 aliphatic heterocycles. The van der Waals surface area contributed by atoms with Gasteiger partial charge in [-0.2, -0.15) is 5.26 Å². The van der Waals surface area contributed by atoms with E-state index < -0.39 is 5.54 Å². The number of likely N-dealkylation sites (N-methyl/N-ethyl adjacent to an activating group) is 1. The molecule has 1 aromatic carbocycles. The zero-order valence-corrected chi connectivity index (χ0v) is 14.4. The van der Waals surface area contributed by atoms with Crippen LogP contribution in [0.3, 0.4) is 0 Å². The molecule has 1 atom stereocenters. The van der Waals surface area contributed by atoms with Crippen molar-refractivity contribution in [3.63, 3.8) is 0 Å². The second-order valence-corrected chi connectivity index (χ2v) is 6.70. The van der Waals surface area contributed by atoms with Gasteiger partial charge in [-0.25, -0.2) is 0 Å². The van der Waals surface area contributed by atoms with Crippen molar-refractivity contribution in [2.45, 2.75) is 31.2 Å². The van der Waals surface area contributed by atoms with E-state index in [4.69, 9.17) is 11.6 Å². The number of para-hydroxylation sites is 1. The Morgan fingerprint density at radius 3 is 2.50 bits per heavy atom. The average molecular weight is 350 g/mol. The van der Waals surface area contributed by atoms with Crippen LogP contribution in [0.2, 0.25) is 5.02 Å². The molecule has 0 saturated heterocycles. The van der Waals surface area contributed by atoms with Crippen LogP contribution >= 0.6 is 11.6 Å². The lowest BCUT2D eigenvalue weighted by atomic mass is 10.00. The number of benzene rings is 1. The highest BCUT2D eigenvalue weighted by Crippen LogP contribution is 2.28. The maximum Gasteiger partial charge on any atom is 0.279 e. The van der Waals surface area contributed by atoms with E-state index in [0.717, 1.165) is 17.7 Å². The van der Waals surface area contributed by atoms with E-state index in [2.05, 4.69) is 16.7 Å². The number of nitrogens with zero attached hydrogens (tertiary/aromatic N) is 1. The summed E-state index contributed by atoms with van der Waals surface area (Å²) in [5, 5.41) is 15.3. The van der Waals surface area contributed by atoms with Crippen molar-refractivity contribution >= 4 is 29.1 Å². The maximum atomic E-state index is 12.1. The average Bonchev–Trinajstić information content (AvgIpc) is 2.98. The molecule has 1 aliphatic rings. The molecule has 2 amide bonds. The Kier molecular flexibility index (Phi) is 6.18. The third-order valence-corrected chi connectivity index (χ3v) is 4.45. The first-order valence-corrected chi connectivity index (χ1v) is 8.40. The Balaban J connectivity index is 1.81. The van der Waals surface area contributed by atoms with Crippen molar-refractivity contribution in [2.75, 3.05) is 25.5 Å². The Morgan fingerprint density at radius 1 is 1.25 bits per heavy atom. The summed E-state index contributed by atoms with van der Waals surface area (Å²) in [6.07, 6.45) is 3.30. The summed E-state index contributed by atoms with van der Waals surface area (Å²) in [5.74, 6) is -0.425. The number of carbonyl (C=O) groups excluding carboxylic acids is 2. The van der Waals surface area contributed by atoms with Crippen LogP contribution in [0, 0.1) is 11.3 Å². The normalized spacial score (nSPS) is 16.9. The first-order chi connectivity index (χ1) is 11.4. The molecule has 1 aliphatic carbocycles. The van der Waals surface area contributed by atoms with E-state index in [9.17, 15) is 14.9 Å². The van der Waals surface area contributed by atoms with Crippen molar-refractivity contribution in [3.05, 3.63) is 29.3 Å². The molecular weight excluding hydrogens is 328 g/mol. The van der Waals surface area contributed by atoms with Crippen molar-refractivity contribution in [1.29, 1.82) is 5.26 Å². The highest BCUT2D eigenvalue weighted by Gasteiger charge is 2.35. The monoisotopic (exact) mass is 349 g/mol. The van der Waals surface area contributed by atoms with Gasteiger partial charge in [0.1, 0.15) is 5.54 Å². The van der Waals surface area contributed by atoms with Crippen LogP contribution in [-0.4, -0.2) is 37.5 Å². The van der Waals surface area contributed by atoms with Gasteiger partial charge in [-0.1, -0.05) is 23.7 Å². The molecule has 1 unspecified atom stereocenters. The molecule has 1 fully saturated rings. The van der Waals surface area contributed by atoms with E-state index in [-0.39, 0.29) is 24.9 Å². The Bertz CT molecular complexity index is 650. The van der Waals surface area contributed by atoms with Crippen molar-refractivity contribution < 1.29 is 14.5 Å². The standard InChI is InChI=1S/C17H21ClN4O2/c1-22(10-15(23)20-14-7-3-2-6-13(14)18)11-16(24)21-17(12-19)8-4-5-9-17/h2-3,6-7H,4-5,8-11H2,1H3,(H,20,23)(H,21,24)/p+1. The number of halogens is 1. The fourth-order valence-electron chi connectivity index (χ4n) is 2.92. The second-order valence-electron chi connectivity index (χ2n) is 6.29. The van der Waals surface area contributed by atoms with Gasteiger partial charge in [-0.3, -0.25) is 9.59 Å². The van der Waals surface area contributed by atoms with Crippen LogP contribution < -0.4 is 15.5 Å². The summed E-state index contributed by atoms with van der Waals surface area (Å²) in [6.45, 7) is 0.275. The number of hydrogen-bond donors (Lipinski definition) is 3. The van der Waals surface area contributed by atoms with E-state index in [1.807, 2.05) is 0 Å². The highest BCUT2D eigenvalue weighted by molar-refractivity contribution is 6.33. The molecule has 7 heteroatoms. The van der Waals surface area contributed by atoms with Gasteiger partial charge < -0.3 is 15.5 Å². The van der Waals surface area contributed by atoms with Gasteiger partial charge in [0.05, 0.1) is 23.8 Å². The van der Waals surface area contributed by atoms with Crippen LogP contribution in [0.15, 0.2) is 24.3 Å². The predicted octanol–water partition coefficient (Wildman–Crippen LogP) is 0.746. The van der Waals surface area contributed by atoms with Crippen LogP contribution in [0.4, 0.5) is 5.69 Å². The van der Waals surface area contributed by atoms with Crippen LogP contribution in [0.1, 0.15) is 25.7 Å². The molecular formula is C17H22ClN4O2+. The number of anilines is 1. The van der Waals surface area contributed by atoms with Crippen molar-refractivity contribution in [3.8, 4) is 6.07 Å². The largest absolute Gasteiger partial charge is 0.333 e. The summed E-state index contributed by atoms with van der Waals surface area (Å²) >= 11 is 6.00. The first kappa shape index (κ1) is 18.2. The minimum absolute atomic E-state index is 0.137. The van der Waals surface area contributed by atoms with Gasteiger partial charge in [0, 0.05) is 0 Å². The minimum Gasteiger partial charge on any atom is -0.333 e. The molecule has 128 valence electrons. The summed E-state index contributed by atoms with van der Waals surface area (Å²) in [4.78, 5) is 24.9. The van der Waals surface area contributed by atoms with E-state index >= 15 is 0 Å². The SMILES string of the molecule is C[NH+](CC(=O)Nc1ccccc1Cl)CC(=O)NC1(C#N)CCCC1. The van der Waals surface area contributed by atoms with Gasteiger partial charge >= 0.3 is 0 Å². The Hall–Kier alpha value is -2.10. The number of carbonyl (C=O) groups is 2. The lowest BCUT2D eigenvalue weighted by Gasteiger charge is -2.22. The molecule has 0 aromatic heterocycles. The van der Waals surface area contributed by atoms with Crippen LogP contribution in [0.5, 0.6) is 0 Å². The molecule has 3 N–H and O–H groups in total. The van der Waals surface area contributed by atoms with Gasteiger partial charge in [0.25, 0.3) is 11.8 Å². The summed E-state index contributed by atoms with van der Waals surface area (Å²) < 4.78 is 0. The number of nitriles is 1. The first-order valence-electron chi connectivity index (χ1n) is 8.02. The fourth-order valence-corrected chi connectivity index (χ4v) is 3.11. The molecule has 0 spiro atoms. The lowest BCUT2D eigenvalue weighted by Crippen LogP contribution is -3.11. The Morgan fingerprint density at radius 2 is 1.88 bits per heavy atom. The third kappa shape index (κ3) is 4.95. The highest BCUT2D eigenvalue weighted by atomic mass is 35.5. The predicted molar refractivity (Wildman–Crippen MR) is 91.7 cm³/mol. The Labute approximate surface area is 146 Å². The van der Waals surface area contributed by atoms with Gasteiger partial charge in [0.2, 0.25) is 0 Å². The number of nitrogens with one attached hydrogen (secondary N) is 3.